The molecule has 1 fully saturated rings. The Labute approximate surface area is 93.1 Å². The largest absolute Gasteiger partial charge is 0.370 e. The Bertz CT molecular complexity index is 221. The van der Waals surface area contributed by atoms with E-state index in [-0.39, 0.29) is 0 Å². The van der Waals surface area contributed by atoms with Crippen molar-refractivity contribution in [2.75, 3.05) is 27.2 Å². The summed E-state index contributed by atoms with van der Waals surface area (Å²) in [5, 5.41) is 0. The minimum absolute atomic E-state index is 0.424. The zero-order valence-electron chi connectivity index (χ0n) is 10.4. The SMILES string of the molecule is CCN(C(N)=NC1CC1)C(C)CN(C)C. The van der Waals surface area contributed by atoms with Crippen LogP contribution >= 0.6 is 0 Å². The molecule has 4 nitrogen and oxygen atoms in total. The fraction of sp³-hybridized carbons (Fsp3) is 0.909. The molecule has 1 saturated carbocycles. The van der Waals surface area contributed by atoms with Crippen LogP contribution in [0.4, 0.5) is 0 Å². The van der Waals surface area contributed by atoms with Crippen molar-refractivity contribution in [1.29, 1.82) is 0 Å². The second kappa shape index (κ2) is 5.35. The van der Waals surface area contributed by atoms with Crippen molar-refractivity contribution in [3.8, 4) is 0 Å². The van der Waals surface area contributed by atoms with Crippen LogP contribution in [-0.2, 0) is 0 Å². The lowest BCUT2D eigenvalue weighted by atomic mass is 10.3. The number of likely N-dealkylation sites (N-methyl/N-ethyl adjacent to an activating group) is 2. The summed E-state index contributed by atoms with van der Waals surface area (Å²) in [5.74, 6) is 0.717. The molecule has 15 heavy (non-hydrogen) atoms. The highest BCUT2D eigenvalue weighted by atomic mass is 15.3. The third-order valence-corrected chi connectivity index (χ3v) is 2.66. The topological polar surface area (TPSA) is 44.9 Å². The molecule has 0 aliphatic heterocycles. The van der Waals surface area contributed by atoms with Gasteiger partial charge in [0.15, 0.2) is 5.96 Å². The van der Waals surface area contributed by atoms with Crippen LogP contribution in [0.1, 0.15) is 26.7 Å². The first-order valence-corrected chi connectivity index (χ1v) is 5.79. The van der Waals surface area contributed by atoms with Crippen molar-refractivity contribution in [3.63, 3.8) is 0 Å². The van der Waals surface area contributed by atoms with E-state index in [1.807, 2.05) is 0 Å². The van der Waals surface area contributed by atoms with Gasteiger partial charge in [0.05, 0.1) is 6.04 Å². The maximum absolute atomic E-state index is 6.00. The number of hydrogen-bond donors (Lipinski definition) is 1. The van der Waals surface area contributed by atoms with Crippen LogP contribution in [0.3, 0.4) is 0 Å². The number of guanidine groups is 1. The van der Waals surface area contributed by atoms with Gasteiger partial charge in [-0.3, -0.25) is 0 Å². The molecule has 1 rings (SSSR count). The predicted octanol–water partition coefficient (Wildman–Crippen LogP) is 0.736. The number of nitrogens with zero attached hydrogens (tertiary/aromatic N) is 3. The first-order valence-electron chi connectivity index (χ1n) is 5.79. The van der Waals surface area contributed by atoms with Gasteiger partial charge in [-0.2, -0.15) is 0 Å². The van der Waals surface area contributed by atoms with E-state index in [0.29, 0.717) is 18.0 Å². The minimum Gasteiger partial charge on any atom is -0.370 e. The molecular weight excluding hydrogens is 188 g/mol. The molecule has 0 aromatic rings. The van der Waals surface area contributed by atoms with E-state index < -0.39 is 0 Å². The van der Waals surface area contributed by atoms with Gasteiger partial charge in [0.25, 0.3) is 0 Å². The molecule has 88 valence electrons. The highest BCUT2D eigenvalue weighted by Crippen LogP contribution is 2.23. The van der Waals surface area contributed by atoms with Crippen LogP contribution in [0.2, 0.25) is 0 Å². The summed E-state index contributed by atoms with van der Waals surface area (Å²) in [4.78, 5) is 8.85. The molecule has 0 aromatic heterocycles. The molecule has 0 amide bonds. The zero-order chi connectivity index (χ0) is 11.4. The van der Waals surface area contributed by atoms with E-state index >= 15 is 0 Å². The molecule has 1 unspecified atom stereocenters. The summed E-state index contributed by atoms with van der Waals surface area (Å²) < 4.78 is 0. The first kappa shape index (κ1) is 12.3. The van der Waals surface area contributed by atoms with E-state index in [1.165, 1.54) is 12.8 Å². The van der Waals surface area contributed by atoms with E-state index in [4.69, 9.17) is 5.73 Å². The fourth-order valence-corrected chi connectivity index (χ4v) is 1.79. The summed E-state index contributed by atoms with van der Waals surface area (Å²) in [5.41, 5.74) is 6.00. The number of hydrogen-bond acceptors (Lipinski definition) is 2. The van der Waals surface area contributed by atoms with Gasteiger partial charge >= 0.3 is 0 Å². The quantitative estimate of drug-likeness (QED) is 0.540. The predicted molar refractivity (Wildman–Crippen MR) is 65.0 cm³/mol. The first-order chi connectivity index (χ1) is 7.04. The molecule has 1 aliphatic rings. The van der Waals surface area contributed by atoms with Crippen molar-refractivity contribution in [1.82, 2.24) is 9.80 Å². The molecule has 0 heterocycles. The summed E-state index contributed by atoms with van der Waals surface area (Å²) in [6, 6.07) is 0.929. The summed E-state index contributed by atoms with van der Waals surface area (Å²) in [6.07, 6.45) is 2.42. The Hall–Kier alpha value is -0.770. The van der Waals surface area contributed by atoms with Gasteiger partial charge in [0.2, 0.25) is 0 Å². The molecule has 0 radical (unpaired) electrons. The second-order valence-electron chi connectivity index (χ2n) is 4.62. The minimum atomic E-state index is 0.424. The van der Waals surface area contributed by atoms with Crippen molar-refractivity contribution in [3.05, 3.63) is 0 Å². The lowest BCUT2D eigenvalue weighted by Gasteiger charge is -2.30. The van der Waals surface area contributed by atoms with Crippen LogP contribution in [0, 0.1) is 0 Å². The Morgan fingerprint density at radius 1 is 1.47 bits per heavy atom. The maximum Gasteiger partial charge on any atom is 0.191 e. The Morgan fingerprint density at radius 3 is 2.47 bits per heavy atom. The second-order valence-corrected chi connectivity index (χ2v) is 4.62. The molecule has 1 aliphatic carbocycles. The monoisotopic (exact) mass is 212 g/mol. The highest BCUT2D eigenvalue weighted by Gasteiger charge is 2.23. The lowest BCUT2D eigenvalue weighted by molar-refractivity contribution is 0.261. The number of aliphatic imine (C=N–C) groups is 1. The van der Waals surface area contributed by atoms with Gasteiger partial charge in [-0.15, -0.1) is 0 Å². The zero-order valence-corrected chi connectivity index (χ0v) is 10.4. The van der Waals surface area contributed by atoms with Crippen LogP contribution < -0.4 is 5.73 Å². The summed E-state index contributed by atoms with van der Waals surface area (Å²) in [6.45, 7) is 6.26. The standard InChI is InChI=1S/C11H24N4/c1-5-15(9(2)8-14(3)4)11(12)13-10-6-7-10/h9-10H,5-8H2,1-4H3,(H2,12,13). The third kappa shape index (κ3) is 4.08. The molecular formula is C11H24N4. The molecule has 0 spiro atoms. The Morgan fingerprint density at radius 2 is 2.07 bits per heavy atom. The fourth-order valence-electron chi connectivity index (χ4n) is 1.79. The van der Waals surface area contributed by atoms with Crippen LogP contribution in [0.5, 0.6) is 0 Å². The Balaban J connectivity index is 2.52. The maximum atomic E-state index is 6.00. The van der Waals surface area contributed by atoms with Crippen LogP contribution in [-0.4, -0.2) is 55.0 Å². The molecule has 4 heteroatoms. The summed E-state index contributed by atoms with van der Waals surface area (Å²) in [7, 11) is 4.16. The molecule has 2 N–H and O–H groups in total. The smallest absolute Gasteiger partial charge is 0.191 e. The van der Waals surface area contributed by atoms with Gasteiger partial charge < -0.3 is 15.5 Å². The van der Waals surface area contributed by atoms with Crippen molar-refractivity contribution < 1.29 is 0 Å². The third-order valence-electron chi connectivity index (χ3n) is 2.66. The van der Waals surface area contributed by atoms with E-state index in [9.17, 15) is 0 Å². The molecule has 1 atom stereocenters. The van der Waals surface area contributed by atoms with E-state index in [1.54, 1.807) is 0 Å². The highest BCUT2D eigenvalue weighted by molar-refractivity contribution is 5.78. The number of rotatable bonds is 5. The van der Waals surface area contributed by atoms with E-state index in [2.05, 4.69) is 42.7 Å². The van der Waals surface area contributed by atoms with E-state index in [0.717, 1.165) is 13.1 Å². The van der Waals surface area contributed by atoms with Gasteiger partial charge in [0, 0.05) is 19.1 Å². The van der Waals surface area contributed by atoms with Gasteiger partial charge in [-0.25, -0.2) is 4.99 Å². The van der Waals surface area contributed by atoms with Gasteiger partial charge in [-0.05, 0) is 40.8 Å². The molecule has 0 saturated heterocycles. The van der Waals surface area contributed by atoms with Crippen LogP contribution in [0.15, 0.2) is 4.99 Å². The summed E-state index contributed by atoms with van der Waals surface area (Å²) >= 11 is 0. The van der Waals surface area contributed by atoms with Gasteiger partial charge in [0.1, 0.15) is 0 Å². The van der Waals surface area contributed by atoms with Crippen LogP contribution in [0.25, 0.3) is 0 Å². The Kier molecular flexibility index (Phi) is 4.39. The van der Waals surface area contributed by atoms with Crippen molar-refractivity contribution in [2.45, 2.75) is 38.8 Å². The lowest BCUT2D eigenvalue weighted by Crippen LogP contribution is -2.47. The number of nitrogens with two attached hydrogens (primary N) is 1. The van der Waals surface area contributed by atoms with Gasteiger partial charge in [-0.1, -0.05) is 0 Å². The van der Waals surface area contributed by atoms with Crippen molar-refractivity contribution >= 4 is 5.96 Å². The molecule has 0 aromatic carbocycles. The van der Waals surface area contributed by atoms with Crippen molar-refractivity contribution in [2.24, 2.45) is 10.7 Å². The average Bonchev–Trinajstić information content (AvgIpc) is 2.87. The molecule has 0 bridgehead atoms. The normalized spacial score (nSPS) is 19.4. The average molecular weight is 212 g/mol.